The number of carbonyl (C=O) groups excluding carboxylic acids is 1. The van der Waals surface area contributed by atoms with Crippen molar-refractivity contribution in [1.29, 1.82) is 0 Å². The first-order valence-electron chi connectivity index (χ1n) is 11.5. The van der Waals surface area contributed by atoms with Crippen LogP contribution in [-0.2, 0) is 4.74 Å². The maximum atomic E-state index is 15.0. The van der Waals surface area contributed by atoms with Gasteiger partial charge in [-0.25, -0.2) is 4.79 Å². The van der Waals surface area contributed by atoms with Crippen LogP contribution in [-0.4, -0.2) is 11.6 Å². The first-order chi connectivity index (χ1) is 16.5. The Kier molecular flexibility index (Phi) is 6.48. The van der Waals surface area contributed by atoms with Gasteiger partial charge in [-0.3, -0.25) is 4.79 Å². The summed E-state index contributed by atoms with van der Waals surface area (Å²) in [5, 5.41) is 3.52. The minimum atomic E-state index is -0.920. The van der Waals surface area contributed by atoms with Crippen molar-refractivity contribution in [2.45, 2.75) is 46.3 Å². The van der Waals surface area contributed by atoms with Gasteiger partial charge in [-0.2, -0.15) is 4.39 Å². The van der Waals surface area contributed by atoms with Crippen molar-refractivity contribution in [2.75, 3.05) is 5.32 Å². The van der Waals surface area contributed by atoms with Gasteiger partial charge in [-0.1, -0.05) is 48.5 Å². The average Bonchev–Trinajstić information content (AvgIpc) is 2.81. The Balaban J connectivity index is 1.81. The summed E-state index contributed by atoms with van der Waals surface area (Å²) in [6.07, 6.45) is 0. The van der Waals surface area contributed by atoms with E-state index in [4.69, 9.17) is 9.15 Å². The molecule has 180 valence electrons. The SMILES string of the molecule is Cc1cc(C(C)Nc2ccccc2C(=O)OC(C)(C)C)c2oc(-c3ccccc3)c(F)c(=O)c2c1. The summed E-state index contributed by atoms with van der Waals surface area (Å²) in [4.78, 5) is 25.8. The first kappa shape index (κ1) is 24.2. The molecule has 0 aliphatic carbocycles. The molecule has 1 unspecified atom stereocenters. The van der Waals surface area contributed by atoms with E-state index in [1.807, 2.05) is 52.8 Å². The van der Waals surface area contributed by atoms with E-state index in [0.29, 0.717) is 28.0 Å². The smallest absolute Gasteiger partial charge is 0.340 e. The quantitative estimate of drug-likeness (QED) is 0.315. The number of esters is 1. The Morgan fingerprint density at radius 2 is 1.69 bits per heavy atom. The van der Waals surface area contributed by atoms with Gasteiger partial charge in [0, 0.05) is 16.8 Å². The van der Waals surface area contributed by atoms with Gasteiger partial charge in [0.2, 0.25) is 11.2 Å². The average molecular weight is 474 g/mol. The van der Waals surface area contributed by atoms with E-state index in [1.165, 1.54) is 0 Å². The first-order valence-corrected chi connectivity index (χ1v) is 11.5. The van der Waals surface area contributed by atoms with Crippen molar-refractivity contribution < 1.29 is 18.3 Å². The third-order valence-electron chi connectivity index (χ3n) is 5.53. The fourth-order valence-electron chi connectivity index (χ4n) is 3.98. The zero-order valence-corrected chi connectivity index (χ0v) is 20.4. The summed E-state index contributed by atoms with van der Waals surface area (Å²) in [7, 11) is 0. The highest BCUT2D eigenvalue weighted by atomic mass is 19.1. The molecule has 6 heteroatoms. The number of hydrogen-bond acceptors (Lipinski definition) is 5. The molecule has 0 aliphatic heterocycles. The predicted molar refractivity (Wildman–Crippen MR) is 136 cm³/mol. The molecule has 3 aromatic carbocycles. The number of anilines is 1. The second-order valence-corrected chi connectivity index (χ2v) is 9.58. The topological polar surface area (TPSA) is 68.5 Å². The van der Waals surface area contributed by atoms with Gasteiger partial charge in [0.1, 0.15) is 11.2 Å². The van der Waals surface area contributed by atoms with E-state index in [2.05, 4.69) is 5.32 Å². The van der Waals surface area contributed by atoms with Crippen LogP contribution in [0.15, 0.2) is 75.9 Å². The normalized spacial score (nSPS) is 12.4. The van der Waals surface area contributed by atoms with Crippen LogP contribution in [0.2, 0.25) is 0 Å². The number of para-hydroxylation sites is 1. The van der Waals surface area contributed by atoms with Crippen LogP contribution < -0.4 is 10.7 Å². The molecule has 1 atom stereocenters. The molecule has 1 aromatic heterocycles. The lowest BCUT2D eigenvalue weighted by molar-refractivity contribution is 0.00706. The van der Waals surface area contributed by atoms with Gasteiger partial charge < -0.3 is 14.5 Å². The van der Waals surface area contributed by atoms with E-state index in [1.54, 1.807) is 48.5 Å². The molecular weight excluding hydrogens is 445 g/mol. The summed E-state index contributed by atoms with van der Waals surface area (Å²) in [5.74, 6) is -1.47. The lowest BCUT2D eigenvalue weighted by Gasteiger charge is -2.23. The van der Waals surface area contributed by atoms with Crippen LogP contribution >= 0.6 is 0 Å². The molecule has 35 heavy (non-hydrogen) atoms. The number of halogens is 1. The van der Waals surface area contributed by atoms with Gasteiger partial charge in [0.15, 0.2) is 5.76 Å². The fourth-order valence-corrected chi connectivity index (χ4v) is 3.98. The lowest BCUT2D eigenvalue weighted by atomic mass is 10.00. The Bertz CT molecular complexity index is 1450. The number of carbonyl (C=O) groups is 1. The highest BCUT2D eigenvalue weighted by molar-refractivity contribution is 5.96. The van der Waals surface area contributed by atoms with Crippen LogP contribution in [0.5, 0.6) is 0 Å². The van der Waals surface area contributed by atoms with Crippen molar-refractivity contribution in [3.8, 4) is 11.3 Å². The zero-order valence-electron chi connectivity index (χ0n) is 20.4. The van der Waals surface area contributed by atoms with E-state index in [9.17, 15) is 9.59 Å². The van der Waals surface area contributed by atoms with Crippen molar-refractivity contribution in [2.24, 2.45) is 0 Å². The van der Waals surface area contributed by atoms with Crippen LogP contribution in [0.1, 0.15) is 55.2 Å². The van der Waals surface area contributed by atoms with Gasteiger partial charge in [0.05, 0.1) is 17.0 Å². The number of rotatable bonds is 5. The molecule has 0 aliphatic rings. The third kappa shape index (κ3) is 5.11. The molecule has 1 N–H and O–H groups in total. The molecule has 1 heterocycles. The summed E-state index contributed by atoms with van der Waals surface area (Å²) >= 11 is 0. The molecule has 0 saturated heterocycles. The number of ether oxygens (including phenoxy) is 1. The van der Waals surface area contributed by atoms with Crippen LogP contribution in [0.4, 0.5) is 10.1 Å². The minimum absolute atomic E-state index is 0.102. The molecular formula is C29H28FNO4. The number of benzene rings is 3. The number of fused-ring (bicyclic) bond motifs is 1. The zero-order chi connectivity index (χ0) is 25.3. The predicted octanol–water partition coefficient (Wildman–Crippen LogP) is 7.04. The van der Waals surface area contributed by atoms with Gasteiger partial charge in [0.25, 0.3) is 0 Å². The molecule has 4 aromatic rings. The van der Waals surface area contributed by atoms with E-state index in [-0.39, 0.29) is 17.2 Å². The van der Waals surface area contributed by atoms with Crippen molar-refractivity contribution in [1.82, 2.24) is 0 Å². The van der Waals surface area contributed by atoms with Crippen LogP contribution in [0.3, 0.4) is 0 Å². The summed E-state index contributed by atoms with van der Waals surface area (Å²) in [6, 6.07) is 18.9. The van der Waals surface area contributed by atoms with E-state index < -0.39 is 22.8 Å². The largest absolute Gasteiger partial charge is 0.456 e. The van der Waals surface area contributed by atoms with Crippen molar-refractivity contribution in [3.63, 3.8) is 0 Å². The summed E-state index contributed by atoms with van der Waals surface area (Å²) < 4.78 is 26.6. The Hall–Kier alpha value is -3.93. The molecule has 0 amide bonds. The molecule has 5 nitrogen and oxygen atoms in total. The monoisotopic (exact) mass is 473 g/mol. The van der Waals surface area contributed by atoms with Gasteiger partial charge >= 0.3 is 5.97 Å². The molecule has 4 rings (SSSR count). The maximum absolute atomic E-state index is 15.0. The number of hydrogen-bond donors (Lipinski definition) is 1. The number of aryl methyl sites for hydroxylation is 1. The molecule has 0 bridgehead atoms. The Morgan fingerprint density at radius 1 is 1.03 bits per heavy atom. The fraction of sp³-hybridized carbons (Fsp3) is 0.241. The van der Waals surface area contributed by atoms with Crippen molar-refractivity contribution in [3.05, 3.63) is 99.5 Å². The Labute approximate surface area is 203 Å². The second kappa shape index (κ2) is 9.37. The van der Waals surface area contributed by atoms with E-state index in [0.717, 1.165) is 5.56 Å². The van der Waals surface area contributed by atoms with Crippen molar-refractivity contribution >= 4 is 22.6 Å². The number of nitrogens with one attached hydrogen (secondary N) is 1. The third-order valence-corrected chi connectivity index (χ3v) is 5.53. The standard InChI is InChI=1S/C29H28FNO4/c1-17-15-21(18(2)31-23-14-10-9-13-20(23)28(33)35-29(3,4)5)27-22(16-17)25(32)24(30)26(34-27)19-11-7-6-8-12-19/h6-16,18,31H,1-5H3. The molecule has 0 saturated carbocycles. The summed E-state index contributed by atoms with van der Waals surface area (Å²) in [5.41, 5.74) is 1.87. The Morgan fingerprint density at radius 3 is 2.37 bits per heavy atom. The maximum Gasteiger partial charge on any atom is 0.340 e. The summed E-state index contributed by atoms with van der Waals surface area (Å²) in [6.45, 7) is 9.17. The molecule has 0 radical (unpaired) electrons. The highest BCUT2D eigenvalue weighted by Gasteiger charge is 2.23. The van der Waals surface area contributed by atoms with E-state index >= 15 is 4.39 Å². The minimum Gasteiger partial charge on any atom is -0.456 e. The lowest BCUT2D eigenvalue weighted by Crippen LogP contribution is -2.24. The second-order valence-electron chi connectivity index (χ2n) is 9.58. The van der Waals surface area contributed by atoms with Crippen LogP contribution in [0, 0.1) is 12.7 Å². The molecule has 0 spiro atoms. The van der Waals surface area contributed by atoms with Crippen LogP contribution in [0.25, 0.3) is 22.3 Å². The molecule has 0 fully saturated rings. The van der Waals surface area contributed by atoms with Gasteiger partial charge in [-0.15, -0.1) is 0 Å². The van der Waals surface area contributed by atoms with Gasteiger partial charge in [-0.05, 0) is 58.4 Å². The highest BCUT2D eigenvalue weighted by Crippen LogP contribution is 2.32.